The summed E-state index contributed by atoms with van der Waals surface area (Å²) in [5.74, 6) is 1.02. The van der Waals surface area contributed by atoms with Gasteiger partial charge in [0.25, 0.3) is 0 Å². The third-order valence-electron chi connectivity index (χ3n) is 3.30. The van der Waals surface area contributed by atoms with Crippen molar-refractivity contribution in [3.63, 3.8) is 0 Å². The largest absolute Gasteiger partial charge is 0.494 e. The normalized spacial score (nSPS) is 18.3. The lowest BCUT2D eigenvalue weighted by molar-refractivity contribution is -0.122. The number of carbonyl (C=O) groups excluding carboxylic acids is 1. The minimum atomic E-state index is 0.00904. The van der Waals surface area contributed by atoms with Crippen molar-refractivity contribution in [2.45, 2.75) is 32.2 Å². The van der Waals surface area contributed by atoms with Gasteiger partial charge in [-0.25, -0.2) is 0 Å². The van der Waals surface area contributed by atoms with Gasteiger partial charge >= 0.3 is 0 Å². The Morgan fingerprint density at radius 3 is 3.16 bits per heavy atom. The number of rotatable bonds is 6. The van der Waals surface area contributed by atoms with Gasteiger partial charge in [-0.1, -0.05) is 12.1 Å². The molecule has 0 radical (unpaired) electrons. The molecule has 1 amide bonds. The number of carbonyl (C=O) groups is 1. The van der Waals surface area contributed by atoms with Crippen LogP contribution in [0.1, 0.15) is 25.3 Å². The summed E-state index contributed by atoms with van der Waals surface area (Å²) in [5.41, 5.74) is 1.19. The molecule has 0 spiro atoms. The van der Waals surface area contributed by atoms with E-state index < -0.39 is 0 Å². The topological polar surface area (TPSA) is 50.4 Å². The minimum Gasteiger partial charge on any atom is -0.494 e. The maximum absolute atomic E-state index is 11.8. The molecule has 19 heavy (non-hydrogen) atoms. The van der Waals surface area contributed by atoms with Crippen molar-refractivity contribution in [2.24, 2.45) is 0 Å². The molecule has 1 fully saturated rings. The average Bonchev–Trinajstić information content (AvgIpc) is 2.93. The smallest absolute Gasteiger partial charge is 0.237 e. The molecule has 1 aromatic carbocycles. The Labute approximate surface area is 114 Å². The summed E-state index contributed by atoms with van der Waals surface area (Å²) in [6, 6.07) is 8.04. The second-order valence-electron chi connectivity index (χ2n) is 4.77. The lowest BCUT2D eigenvalue weighted by atomic mass is 10.1. The van der Waals surface area contributed by atoms with Crippen LogP contribution in [0.3, 0.4) is 0 Å². The Kier molecular flexibility index (Phi) is 5.21. The van der Waals surface area contributed by atoms with Crippen molar-refractivity contribution < 1.29 is 9.53 Å². The molecule has 2 N–H and O–H groups in total. The highest BCUT2D eigenvalue weighted by molar-refractivity contribution is 5.81. The first-order chi connectivity index (χ1) is 9.29. The lowest BCUT2D eigenvalue weighted by Gasteiger charge is -2.11. The van der Waals surface area contributed by atoms with Crippen molar-refractivity contribution in [3.8, 4) is 5.75 Å². The van der Waals surface area contributed by atoms with Crippen LogP contribution in [0.4, 0.5) is 0 Å². The predicted octanol–water partition coefficient (Wildman–Crippen LogP) is 1.50. The number of ether oxygens (including phenoxy) is 1. The van der Waals surface area contributed by atoms with Crippen molar-refractivity contribution in [2.75, 3.05) is 19.7 Å². The monoisotopic (exact) mass is 262 g/mol. The molecule has 0 aromatic heterocycles. The fourth-order valence-corrected chi connectivity index (χ4v) is 2.32. The molecule has 0 bridgehead atoms. The Balaban J connectivity index is 1.75. The number of benzene rings is 1. The molecule has 0 saturated carbocycles. The van der Waals surface area contributed by atoms with Gasteiger partial charge < -0.3 is 15.4 Å². The first kappa shape index (κ1) is 13.9. The van der Waals surface area contributed by atoms with Gasteiger partial charge in [0.05, 0.1) is 12.6 Å². The van der Waals surface area contributed by atoms with E-state index in [1.165, 1.54) is 5.56 Å². The van der Waals surface area contributed by atoms with E-state index in [4.69, 9.17) is 4.74 Å². The molecule has 1 aliphatic rings. The highest BCUT2D eigenvalue weighted by Crippen LogP contribution is 2.13. The number of amides is 1. The SMILES string of the molecule is CCOc1cccc(CCNC(=O)C2CCCN2)c1. The van der Waals surface area contributed by atoms with Gasteiger partial charge in [0.2, 0.25) is 5.91 Å². The first-order valence-electron chi connectivity index (χ1n) is 7.02. The Hall–Kier alpha value is -1.55. The fraction of sp³-hybridized carbons (Fsp3) is 0.533. The Morgan fingerprint density at radius 2 is 2.42 bits per heavy atom. The number of hydrogen-bond donors (Lipinski definition) is 2. The second kappa shape index (κ2) is 7.14. The van der Waals surface area contributed by atoms with Crippen LogP contribution in [0.5, 0.6) is 5.75 Å². The summed E-state index contributed by atoms with van der Waals surface area (Å²) < 4.78 is 5.46. The van der Waals surface area contributed by atoms with E-state index >= 15 is 0 Å². The zero-order valence-electron chi connectivity index (χ0n) is 11.4. The third kappa shape index (κ3) is 4.24. The van der Waals surface area contributed by atoms with Gasteiger partial charge in [-0.15, -0.1) is 0 Å². The summed E-state index contributed by atoms with van der Waals surface area (Å²) in [6.07, 6.45) is 2.87. The molecule has 1 unspecified atom stereocenters. The molecule has 4 heteroatoms. The first-order valence-corrected chi connectivity index (χ1v) is 7.02. The van der Waals surface area contributed by atoms with E-state index in [9.17, 15) is 4.79 Å². The molecular weight excluding hydrogens is 240 g/mol. The van der Waals surface area contributed by atoms with Gasteiger partial charge in [0.1, 0.15) is 5.75 Å². The highest BCUT2D eigenvalue weighted by Gasteiger charge is 2.21. The molecule has 1 aliphatic heterocycles. The molecule has 104 valence electrons. The fourth-order valence-electron chi connectivity index (χ4n) is 2.32. The van der Waals surface area contributed by atoms with Crippen LogP contribution < -0.4 is 15.4 Å². The lowest BCUT2D eigenvalue weighted by Crippen LogP contribution is -2.41. The number of hydrogen-bond acceptors (Lipinski definition) is 3. The van der Waals surface area contributed by atoms with E-state index in [1.54, 1.807) is 0 Å². The summed E-state index contributed by atoms with van der Waals surface area (Å²) in [4.78, 5) is 11.8. The third-order valence-corrected chi connectivity index (χ3v) is 3.30. The quantitative estimate of drug-likeness (QED) is 0.817. The van der Waals surface area contributed by atoms with Crippen LogP contribution >= 0.6 is 0 Å². The molecule has 1 saturated heterocycles. The molecule has 1 aromatic rings. The average molecular weight is 262 g/mol. The van der Waals surface area contributed by atoms with Crippen LogP contribution in [0.15, 0.2) is 24.3 Å². The van der Waals surface area contributed by atoms with Gasteiger partial charge in [0.15, 0.2) is 0 Å². The molecule has 1 atom stereocenters. The Bertz CT molecular complexity index is 414. The van der Waals surface area contributed by atoms with Crippen LogP contribution in [-0.4, -0.2) is 31.6 Å². The van der Waals surface area contributed by atoms with Gasteiger partial charge in [0, 0.05) is 6.54 Å². The maximum Gasteiger partial charge on any atom is 0.237 e. The second-order valence-corrected chi connectivity index (χ2v) is 4.77. The highest BCUT2D eigenvalue weighted by atomic mass is 16.5. The Morgan fingerprint density at radius 1 is 1.53 bits per heavy atom. The standard InChI is InChI=1S/C15H22N2O2/c1-2-19-13-6-3-5-12(11-13)8-10-17-15(18)14-7-4-9-16-14/h3,5-6,11,14,16H,2,4,7-10H2,1H3,(H,17,18). The van der Waals surface area contributed by atoms with E-state index in [0.717, 1.165) is 31.6 Å². The molecule has 2 rings (SSSR count). The molecular formula is C15H22N2O2. The summed E-state index contributed by atoms with van der Waals surface area (Å²) in [6.45, 7) is 4.27. The summed E-state index contributed by atoms with van der Waals surface area (Å²) >= 11 is 0. The van der Waals surface area contributed by atoms with Crippen LogP contribution in [-0.2, 0) is 11.2 Å². The van der Waals surface area contributed by atoms with Gasteiger partial charge in [-0.3, -0.25) is 4.79 Å². The zero-order valence-corrected chi connectivity index (χ0v) is 11.4. The summed E-state index contributed by atoms with van der Waals surface area (Å²) in [5, 5.41) is 6.18. The van der Waals surface area contributed by atoms with E-state index in [1.807, 2.05) is 25.1 Å². The maximum atomic E-state index is 11.8. The molecule has 1 heterocycles. The van der Waals surface area contributed by atoms with E-state index in [-0.39, 0.29) is 11.9 Å². The zero-order chi connectivity index (χ0) is 13.5. The predicted molar refractivity (Wildman–Crippen MR) is 75.3 cm³/mol. The minimum absolute atomic E-state index is 0.00904. The van der Waals surface area contributed by atoms with Crippen molar-refractivity contribution in [3.05, 3.63) is 29.8 Å². The van der Waals surface area contributed by atoms with Crippen LogP contribution in [0.2, 0.25) is 0 Å². The van der Waals surface area contributed by atoms with E-state index in [2.05, 4.69) is 16.7 Å². The van der Waals surface area contributed by atoms with Gasteiger partial charge in [-0.05, 0) is 50.4 Å². The van der Waals surface area contributed by atoms with Crippen molar-refractivity contribution in [1.82, 2.24) is 10.6 Å². The van der Waals surface area contributed by atoms with E-state index in [0.29, 0.717) is 13.2 Å². The number of nitrogens with one attached hydrogen (secondary N) is 2. The molecule has 4 nitrogen and oxygen atoms in total. The van der Waals surface area contributed by atoms with Gasteiger partial charge in [-0.2, -0.15) is 0 Å². The van der Waals surface area contributed by atoms with Crippen LogP contribution in [0.25, 0.3) is 0 Å². The summed E-state index contributed by atoms with van der Waals surface area (Å²) in [7, 11) is 0. The van der Waals surface area contributed by atoms with Crippen LogP contribution in [0, 0.1) is 0 Å². The van der Waals surface area contributed by atoms with Crippen molar-refractivity contribution >= 4 is 5.91 Å². The molecule has 0 aliphatic carbocycles. The van der Waals surface area contributed by atoms with Crippen molar-refractivity contribution in [1.29, 1.82) is 0 Å².